The number of ether oxygens (including phenoxy) is 3. The third-order valence-electron chi connectivity index (χ3n) is 5.42. The van der Waals surface area contributed by atoms with Crippen molar-refractivity contribution in [3.63, 3.8) is 0 Å². The molecular weight excluding hydrogens is 356 g/mol. The quantitative estimate of drug-likeness (QED) is 0.797. The molecule has 6 heteroatoms. The lowest BCUT2D eigenvalue weighted by Crippen LogP contribution is -2.42. The second kappa shape index (κ2) is 8.47. The standard InChI is InChI=1S/C22H28N2O4/c1-14(2)10-11-23-18-12-26-21-19(13-27-20(18)21)28-22(25)24-17-9-5-7-15-6-3-4-8-16(15)17/h3-9,14,18-21,23H,10-13H2,1-2H3,(H,24,25)/t18-,19-,20-,21+/m1/s1. The lowest BCUT2D eigenvalue weighted by atomic mass is 10.1. The molecule has 0 spiro atoms. The summed E-state index contributed by atoms with van der Waals surface area (Å²) in [6, 6.07) is 13.9. The summed E-state index contributed by atoms with van der Waals surface area (Å²) in [6.07, 6.45) is -0.0408. The molecule has 0 saturated carbocycles. The van der Waals surface area contributed by atoms with Crippen LogP contribution in [0, 0.1) is 5.92 Å². The van der Waals surface area contributed by atoms with Crippen molar-refractivity contribution >= 4 is 22.6 Å². The Bertz CT molecular complexity index is 820. The van der Waals surface area contributed by atoms with Gasteiger partial charge in [-0.1, -0.05) is 50.2 Å². The fourth-order valence-electron chi connectivity index (χ4n) is 3.91. The molecule has 28 heavy (non-hydrogen) atoms. The summed E-state index contributed by atoms with van der Waals surface area (Å²) in [4.78, 5) is 12.5. The molecule has 0 aliphatic carbocycles. The Balaban J connectivity index is 1.33. The molecular formula is C22H28N2O4. The molecule has 2 N–H and O–H groups in total. The van der Waals surface area contributed by atoms with Gasteiger partial charge in [0.25, 0.3) is 0 Å². The fraction of sp³-hybridized carbons (Fsp3) is 0.500. The molecule has 2 fully saturated rings. The van der Waals surface area contributed by atoms with Crippen LogP contribution in [0.15, 0.2) is 42.5 Å². The van der Waals surface area contributed by atoms with Gasteiger partial charge in [-0.15, -0.1) is 0 Å². The Kier molecular flexibility index (Phi) is 5.80. The number of hydrogen-bond donors (Lipinski definition) is 2. The van der Waals surface area contributed by atoms with E-state index < -0.39 is 12.2 Å². The number of fused-ring (bicyclic) bond motifs is 2. The zero-order valence-electron chi connectivity index (χ0n) is 16.4. The average Bonchev–Trinajstić information content (AvgIpc) is 3.25. The van der Waals surface area contributed by atoms with E-state index in [1.807, 2.05) is 42.5 Å². The molecule has 0 bridgehead atoms. The van der Waals surface area contributed by atoms with Crippen molar-refractivity contribution in [2.24, 2.45) is 5.92 Å². The van der Waals surface area contributed by atoms with E-state index in [0.29, 0.717) is 19.1 Å². The van der Waals surface area contributed by atoms with E-state index in [2.05, 4.69) is 24.5 Å². The van der Waals surface area contributed by atoms with E-state index in [1.54, 1.807) is 0 Å². The number of benzene rings is 2. The number of anilines is 1. The first kappa shape index (κ1) is 19.2. The minimum atomic E-state index is -0.481. The van der Waals surface area contributed by atoms with Gasteiger partial charge in [0.15, 0.2) is 6.10 Å². The molecule has 2 heterocycles. The van der Waals surface area contributed by atoms with Crippen molar-refractivity contribution in [3.8, 4) is 0 Å². The first-order valence-electron chi connectivity index (χ1n) is 10.0. The summed E-state index contributed by atoms with van der Waals surface area (Å²) in [6.45, 7) is 6.30. The molecule has 2 aromatic carbocycles. The summed E-state index contributed by atoms with van der Waals surface area (Å²) in [5.74, 6) is 0.656. The lowest BCUT2D eigenvalue weighted by Gasteiger charge is -2.18. The molecule has 0 radical (unpaired) electrons. The number of hydrogen-bond acceptors (Lipinski definition) is 5. The van der Waals surface area contributed by atoms with Crippen LogP contribution in [0.2, 0.25) is 0 Å². The van der Waals surface area contributed by atoms with E-state index in [0.717, 1.165) is 29.4 Å². The highest BCUT2D eigenvalue weighted by Crippen LogP contribution is 2.30. The van der Waals surface area contributed by atoms with Gasteiger partial charge in [0.05, 0.1) is 24.9 Å². The maximum Gasteiger partial charge on any atom is 0.412 e. The lowest BCUT2D eigenvalue weighted by molar-refractivity contribution is 0.00857. The van der Waals surface area contributed by atoms with Crippen LogP contribution in [0.3, 0.4) is 0 Å². The Morgan fingerprint density at radius 2 is 1.89 bits per heavy atom. The largest absolute Gasteiger partial charge is 0.441 e. The van der Waals surface area contributed by atoms with Crippen molar-refractivity contribution in [1.82, 2.24) is 5.32 Å². The van der Waals surface area contributed by atoms with Gasteiger partial charge in [0.2, 0.25) is 0 Å². The van der Waals surface area contributed by atoms with Crippen molar-refractivity contribution < 1.29 is 19.0 Å². The van der Waals surface area contributed by atoms with E-state index in [-0.39, 0.29) is 18.2 Å². The highest BCUT2D eigenvalue weighted by Gasteiger charge is 2.49. The molecule has 0 aromatic heterocycles. The van der Waals surface area contributed by atoms with Crippen LogP contribution >= 0.6 is 0 Å². The van der Waals surface area contributed by atoms with Crippen LogP contribution in [-0.2, 0) is 14.2 Å². The Morgan fingerprint density at radius 1 is 1.11 bits per heavy atom. The monoisotopic (exact) mass is 384 g/mol. The minimum absolute atomic E-state index is 0.0671. The molecule has 2 aliphatic heterocycles. The predicted molar refractivity (Wildman–Crippen MR) is 109 cm³/mol. The molecule has 1 amide bonds. The van der Waals surface area contributed by atoms with Crippen LogP contribution in [-0.4, -0.2) is 50.2 Å². The molecule has 6 nitrogen and oxygen atoms in total. The maximum atomic E-state index is 12.5. The number of carbonyl (C=O) groups excluding carboxylic acids is 1. The Morgan fingerprint density at radius 3 is 2.75 bits per heavy atom. The average molecular weight is 384 g/mol. The van der Waals surface area contributed by atoms with Gasteiger partial charge in [-0.3, -0.25) is 5.32 Å². The van der Waals surface area contributed by atoms with Crippen LogP contribution < -0.4 is 10.6 Å². The summed E-state index contributed by atoms with van der Waals surface area (Å²) < 4.78 is 17.4. The van der Waals surface area contributed by atoms with Crippen LogP contribution in [0.5, 0.6) is 0 Å². The van der Waals surface area contributed by atoms with Crippen molar-refractivity contribution in [2.75, 3.05) is 25.1 Å². The number of rotatable bonds is 6. The van der Waals surface area contributed by atoms with Gasteiger partial charge in [0.1, 0.15) is 12.2 Å². The van der Waals surface area contributed by atoms with Gasteiger partial charge < -0.3 is 19.5 Å². The second-order valence-corrected chi connectivity index (χ2v) is 7.93. The van der Waals surface area contributed by atoms with E-state index >= 15 is 0 Å². The third kappa shape index (κ3) is 4.14. The molecule has 2 saturated heterocycles. The minimum Gasteiger partial charge on any atom is -0.441 e. The van der Waals surface area contributed by atoms with Crippen LogP contribution in [0.25, 0.3) is 10.8 Å². The maximum absolute atomic E-state index is 12.5. The first-order valence-corrected chi connectivity index (χ1v) is 10.0. The molecule has 4 atom stereocenters. The van der Waals surface area contributed by atoms with Gasteiger partial charge >= 0.3 is 6.09 Å². The van der Waals surface area contributed by atoms with E-state index in [1.165, 1.54) is 0 Å². The summed E-state index contributed by atoms with van der Waals surface area (Å²) in [5, 5.41) is 8.42. The molecule has 0 unspecified atom stereocenters. The SMILES string of the molecule is CC(C)CCN[C@@H]1CO[C@@H]2[C@@H]1OC[C@H]2OC(=O)Nc1cccc2ccccc12. The second-order valence-electron chi connectivity index (χ2n) is 7.93. The molecule has 2 aliphatic rings. The van der Waals surface area contributed by atoms with E-state index in [9.17, 15) is 4.79 Å². The highest BCUT2D eigenvalue weighted by molar-refractivity contribution is 6.00. The zero-order chi connectivity index (χ0) is 19.5. The van der Waals surface area contributed by atoms with Crippen LogP contribution in [0.4, 0.5) is 10.5 Å². The third-order valence-corrected chi connectivity index (χ3v) is 5.42. The summed E-state index contributed by atoms with van der Waals surface area (Å²) in [5.41, 5.74) is 0.735. The number of carbonyl (C=O) groups is 1. The van der Waals surface area contributed by atoms with Gasteiger partial charge in [0, 0.05) is 5.39 Å². The molecule has 4 rings (SSSR count). The summed E-state index contributed by atoms with van der Waals surface area (Å²) >= 11 is 0. The predicted octanol–water partition coefficient (Wildman–Crippen LogP) is 3.56. The fourth-order valence-corrected chi connectivity index (χ4v) is 3.91. The smallest absolute Gasteiger partial charge is 0.412 e. The zero-order valence-corrected chi connectivity index (χ0v) is 16.4. The van der Waals surface area contributed by atoms with Crippen LogP contribution in [0.1, 0.15) is 20.3 Å². The highest BCUT2D eigenvalue weighted by atomic mass is 16.6. The first-order chi connectivity index (χ1) is 13.6. The van der Waals surface area contributed by atoms with Crippen molar-refractivity contribution in [1.29, 1.82) is 0 Å². The molecule has 2 aromatic rings. The number of nitrogens with one attached hydrogen (secondary N) is 2. The normalized spacial score (nSPS) is 26.5. The summed E-state index contributed by atoms with van der Waals surface area (Å²) in [7, 11) is 0. The Hall–Kier alpha value is -2.15. The van der Waals surface area contributed by atoms with Gasteiger partial charge in [-0.2, -0.15) is 0 Å². The number of amides is 1. The van der Waals surface area contributed by atoms with E-state index in [4.69, 9.17) is 14.2 Å². The topological polar surface area (TPSA) is 68.8 Å². The van der Waals surface area contributed by atoms with Gasteiger partial charge in [-0.25, -0.2) is 4.79 Å². The molecule has 150 valence electrons. The van der Waals surface area contributed by atoms with Gasteiger partial charge in [-0.05, 0) is 30.3 Å². The Labute approximate surface area is 165 Å². The van der Waals surface area contributed by atoms with Crippen molar-refractivity contribution in [2.45, 2.75) is 44.6 Å². The van der Waals surface area contributed by atoms with Crippen molar-refractivity contribution in [3.05, 3.63) is 42.5 Å².